The molecule has 0 aliphatic carbocycles. The van der Waals surface area contributed by atoms with Crippen LogP contribution in [-0.4, -0.2) is 18.5 Å². The van der Waals surface area contributed by atoms with Crippen LogP contribution in [0.3, 0.4) is 0 Å². The molecule has 0 fully saturated rings. The summed E-state index contributed by atoms with van der Waals surface area (Å²) in [6, 6.07) is -1.83. The van der Waals surface area contributed by atoms with Crippen LogP contribution in [-0.2, 0) is 9.53 Å². The number of esters is 1. The molecule has 0 aromatic heterocycles. The molecule has 2 N–H and O–H groups in total. The minimum atomic E-state index is -4.38. The zero-order valence-electron chi connectivity index (χ0n) is 10.1. The fraction of sp³-hybridized carbons (Fsp3) is 0.364. The summed E-state index contributed by atoms with van der Waals surface area (Å²) in [5.41, 5.74) is 3.57. The summed E-state index contributed by atoms with van der Waals surface area (Å²) in [6.45, 7) is 0.901. The normalized spacial score (nSPS) is 12.6. The maximum Gasteiger partial charge on any atom is 0.379 e. The lowest BCUT2D eigenvalue weighted by molar-refractivity contribution is -0.175. The molecular formula is C11H11ClF5NO2. The third kappa shape index (κ3) is 3.37. The zero-order chi connectivity index (χ0) is 14.8. The van der Waals surface area contributed by atoms with Gasteiger partial charge in [0.15, 0.2) is 11.6 Å². The molecule has 3 nitrogen and oxygen atoms in total. The number of hydrogen-bond donors (Lipinski definition) is 1. The number of hydrogen-bond acceptors (Lipinski definition) is 3. The van der Waals surface area contributed by atoms with Crippen LogP contribution in [0.2, 0.25) is 0 Å². The third-order valence-electron chi connectivity index (χ3n) is 2.33. The van der Waals surface area contributed by atoms with E-state index in [1.54, 1.807) is 0 Å². The summed E-state index contributed by atoms with van der Waals surface area (Å²) < 4.78 is 70.6. The standard InChI is InChI=1S/C11H10F5NO2.ClH/c1-2-19-10(18)11(15,16)9(17)7-5(12)3-4-6(13)8(7)14;/h3-4,9H,2,17H2,1H3;1H/t9-;/m0./s1. The Morgan fingerprint density at radius 1 is 1.30 bits per heavy atom. The molecule has 0 bridgehead atoms. The molecule has 20 heavy (non-hydrogen) atoms. The Bertz CT molecular complexity index is 498. The molecule has 0 amide bonds. The lowest BCUT2D eigenvalue weighted by atomic mass is 10.00. The summed E-state index contributed by atoms with van der Waals surface area (Å²) in [6.07, 6.45) is 0. The van der Waals surface area contributed by atoms with E-state index in [-0.39, 0.29) is 19.0 Å². The molecule has 1 aromatic carbocycles. The first kappa shape index (κ1) is 18.6. The van der Waals surface area contributed by atoms with E-state index in [0.717, 1.165) is 0 Å². The van der Waals surface area contributed by atoms with Gasteiger partial charge in [0.2, 0.25) is 0 Å². The number of benzene rings is 1. The minimum absolute atomic E-state index is 0. The molecular weight excluding hydrogens is 309 g/mol. The van der Waals surface area contributed by atoms with E-state index < -0.39 is 40.9 Å². The number of rotatable bonds is 4. The second-order valence-corrected chi connectivity index (χ2v) is 3.58. The van der Waals surface area contributed by atoms with Crippen molar-refractivity contribution in [1.82, 2.24) is 0 Å². The number of ether oxygens (including phenoxy) is 1. The second-order valence-electron chi connectivity index (χ2n) is 3.58. The van der Waals surface area contributed by atoms with Crippen molar-refractivity contribution in [3.8, 4) is 0 Å². The van der Waals surface area contributed by atoms with E-state index in [2.05, 4.69) is 4.74 Å². The van der Waals surface area contributed by atoms with E-state index in [0.29, 0.717) is 12.1 Å². The van der Waals surface area contributed by atoms with Gasteiger partial charge >= 0.3 is 11.9 Å². The summed E-state index contributed by atoms with van der Waals surface area (Å²) in [5.74, 6) is -11.3. The Hall–Kier alpha value is -1.41. The Labute approximate surface area is 117 Å². The monoisotopic (exact) mass is 319 g/mol. The predicted molar refractivity (Wildman–Crippen MR) is 62.1 cm³/mol. The Morgan fingerprint density at radius 2 is 1.80 bits per heavy atom. The maximum atomic E-state index is 13.5. The number of nitrogens with two attached hydrogens (primary N) is 1. The van der Waals surface area contributed by atoms with Crippen LogP contribution in [0.25, 0.3) is 0 Å². The SMILES string of the molecule is CCOC(=O)C(F)(F)[C@@H](N)c1c(F)ccc(F)c1F.Cl. The number of alkyl halides is 2. The highest BCUT2D eigenvalue weighted by molar-refractivity contribution is 5.85. The molecule has 1 aromatic rings. The van der Waals surface area contributed by atoms with E-state index in [1.807, 2.05) is 0 Å². The first-order chi connectivity index (χ1) is 8.73. The van der Waals surface area contributed by atoms with Gasteiger partial charge in [-0.2, -0.15) is 8.78 Å². The minimum Gasteiger partial charge on any atom is -0.462 e. The molecule has 1 atom stereocenters. The van der Waals surface area contributed by atoms with E-state index in [1.165, 1.54) is 6.92 Å². The van der Waals surface area contributed by atoms with Crippen molar-refractivity contribution >= 4 is 18.4 Å². The van der Waals surface area contributed by atoms with Crippen LogP contribution in [0.15, 0.2) is 12.1 Å². The first-order valence-corrected chi connectivity index (χ1v) is 5.17. The molecule has 0 aliphatic rings. The summed E-state index contributed by atoms with van der Waals surface area (Å²) in [7, 11) is 0. The topological polar surface area (TPSA) is 52.3 Å². The molecule has 0 radical (unpaired) electrons. The number of halogens is 6. The average molecular weight is 320 g/mol. The van der Waals surface area contributed by atoms with Gasteiger partial charge in [-0.05, 0) is 19.1 Å². The van der Waals surface area contributed by atoms with Crippen molar-refractivity contribution < 1.29 is 31.5 Å². The highest BCUT2D eigenvalue weighted by Crippen LogP contribution is 2.34. The molecule has 1 rings (SSSR count). The highest BCUT2D eigenvalue weighted by atomic mass is 35.5. The van der Waals surface area contributed by atoms with Crippen molar-refractivity contribution in [2.24, 2.45) is 5.73 Å². The zero-order valence-corrected chi connectivity index (χ0v) is 10.9. The van der Waals surface area contributed by atoms with Gasteiger partial charge < -0.3 is 10.5 Å². The van der Waals surface area contributed by atoms with Gasteiger partial charge in [-0.1, -0.05) is 0 Å². The van der Waals surface area contributed by atoms with Crippen LogP contribution in [0.5, 0.6) is 0 Å². The van der Waals surface area contributed by atoms with Crippen LogP contribution in [0.1, 0.15) is 18.5 Å². The number of carbonyl (C=O) groups excluding carboxylic acids is 1. The third-order valence-corrected chi connectivity index (χ3v) is 2.33. The fourth-order valence-corrected chi connectivity index (χ4v) is 1.36. The molecule has 0 spiro atoms. The average Bonchev–Trinajstić information content (AvgIpc) is 2.34. The van der Waals surface area contributed by atoms with Crippen LogP contribution < -0.4 is 5.73 Å². The summed E-state index contributed by atoms with van der Waals surface area (Å²) in [4.78, 5) is 11.0. The van der Waals surface area contributed by atoms with Gasteiger partial charge in [-0.25, -0.2) is 18.0 Å². The van der Waals surface area contributed by atoms with E-state index >= 15 is 0 Å². The summed E-state index contributed by atoms with van der Waals surface area (Å²) in [5, 5.41) is 0. The molecule has 0 unspecified atom stereocenters. The smallest absolute Gasteiger partial charge is 0.379 e. The van der Waals surface area contributed by atoms with Crippen LogP contribution in [0, 0.1) is 17.5 Å². The van der Waals surface area contributed by atoms with Gasteiger partial charge in [0.1, 0.15) is 11.9 Å². The van der Waals surface area contributed by atoms with Gasteiger partial charge in [0.25, 0.3) is 0 Å². The Morgan fingerprint density at radius 3 is 2.30 bits per heavy atom. The van der Waals surface area contributed by atoms with Crippen LogP contribution in [0.4, 0.5) is 22.0 Å². The molecule has 0 heterocycles. The largest absolute Gasteiger partial charge is 0.462 e. The van der Waals surface area contributed by atoms with Crippen LogP contribution >= 0.6 is 12.4 Å². The van der Waals surface area contributed by atoms with Gasteiger partial charge in [-0.15, -0.1) is 12.4 Å². The summed E-state index contributed by atoms with van der Waals surface area (Å²) >= 11 is 0. The van der Waals surface area contributed by atoms with Gasteiger partial charge in [0, 0.05) is 0 Å². The van der Waals surface area contributed by atoms with Crippen molar-refractivity contribution in [3.63, 3.8) is 0 Å². The van der Waals surface area contributed by atoms with Crippen molar-refractivity contribution in [3.05, 3.63) is 35.1 Å². The van der Waals surface area contributed by atoms with Gasteiger partial charge in [0.05, 0.1) is 12.2 Å². The molecule has 0 saturated carbocycles. The fourth-order valence-electron chi connectivity index (χ4n) is 1.36. The maximum absolute atomic E-state index is 13.5. The van der Waals surface area contributed by atoms with E-state index in [9.17, 15) is 26.7 Å². The lowest BCUT2D eigenvalue weighted by Gasteiger charge is -2.22. The molecule has 0 saturated heterocycles. The van der Waals surface area contributed by atoms with Crippen molar-refractivity contribution in [2.45, 2.75) is 18.9 Å². The predicted octanol–water partition coefficient (Wildman–Crippen LogP) is 2.72. The lowest BCUT2D eigenvalue weighted by Crippen LogP contribution is -2.42. The highest BCUT2D eigenvalue weighted by Gasteiger charge is 2.49. The first-order valence-electron chi connectivity index (χ1n) is 5.17. The van der Waals surface area contributed by atoms with E-state index in [4.69, 9.17) is 5.73 Å². The molecule has 0 aliphatic heterocycles. The van der Waals surface area contributed by atoms with Gasteiger partial charge in [-0.3, -0.25) is 0 Å². The van der Waals surface area contributed by atoms with Crippen molar-refractivity contribution in [1.29, 1.82) is 0 Å². The number of carbonyl (C=O) groups is 1. The second kappa shape index (κ2) is 6.85. The Balaban J connectivity index is 0.00000361. The Kier molecular flexibility index (Phi) is 6.36. The molecule has 9 heteroatoms. The molecule has 114 valence electrons. The van der Waals surface area contributed by atoms with Crippen molar-refractivity contribution in [2.75, 3.05) is 6.61 Å². The quantitative estimate of drug-likeness (QED) is 0.527.